The van der Waals surface area contributed by atoms with Gasteiger partial charge in [-0.1, -0.05) is 18.2 Å². The largest absolute Gasteiger partial charge is 0.508 e. The number of hydrogen-bond donors (Lipinski definition) is 4. The van der Waals surface area contributed by atoms with E-state index in [9.17, 15) is 20.4 Å². The van der Waals surface area contributed by atoms with Crippen molar-refractivity contribution in [3.8, 4) is 5.75 Å². The second-order valence-corrected chi connectivity index (χ2v) is 8.59. The van der Waals surface area contributed by atoms with Crippen LogP contribution in [-0.2, 0) is 11.2 Å². The molecule has 3 aromatic rings. The monoisotopic (exact) mass is 400 g/mol. The highest BCUT2D eigenvalue weighted by molar-refractivity contribution is 7.19. The lowest BCUT2D eigenvalue weighted by Crippen LogP contribution is -2.44. The minimum absolute atomic E-state index is 0.0208. The van der Waals surface area contributed by atoms with Crippen LogP contribution in [0.5, 0.6) is 5.75 Å². The van der Waals surface area contributed by atoms with Gasteiger partial charge >= 0.3 is 0 Å². The van der Waals surface area contributed by atoms with Gasteiger partial charge in [-0.25, -0.2) is 0 Å². The number of aliphatic hydroxyl groups excluding tert-OH is 3. The number of phenols is 1. The predicted molar refractivity (Wildman–Crippen MR) is 109 cm³/mol. The third-order valence-electron chi connectivity index (χ3n) is 5.38. The van der Waals surface area contributed by atoms with Gasteiger partial charge in [-0.2, -0.15) is 0 Å². The number of phenolic OH excluding ortho intramolecular Hbond substituents is 1. The van der Waals surface area contributed by atoms with E-state index in [1.807, 2.05) is 25.1 Å². The Bertz CT molecular complexity index is 949. The number of ether oxygens (including phenoxy) is 1. The van der Waals surface area contributed by atoms with Crippen LogP contribution in [0.3, 0.4) is 0 Å². The number of thiophene rings is 1. The third kappa shape index (κ3) is 3.66. The highest BCUT2D eigenvalue weighted by atomic mass is 32.1. The van der Waals surface area contributed by atoms with Gasteiger partial charge in [0.1, 0.15) is 18.0 Å². The minimum Gasteiger partial charge on any atom is -0.508 e. The van der Waals surface area contributed by atoms with Crippen LogP contribution in [0.1, 0.15) is 34.1 Å². The molecule has 4 atom stereocenters. The quantitative estimate of drug-likeness (QED) is 0.540. The minimum atomic E-state index is -1.16. The van der Waals surface area contributed by atoms with E-state index < -0.39 is 24.4 Å². The first-order chi connectivity index (χ1) is 13.5. The van der Waals surface area contributed by atoms with E-state index in [0.717, 1.165) is 11.1 Å². The molecule has 4 rings (SSSR count). The van der Waals surface area contributed by atoms with Crippen LogP contribution in [-0.4, -0.2) is 45.3 Å². The van der Waals surface area contributed by atoms with Gasteiger partial charge in [0.15, 0.2) is 0 Å². The number of aryl methyl sites for hydroxylation is 1. The van der Waals surface area contributed by atoms with Gasteiger partial charge in [0.25, 0.3) is 0 Å². The second kappa shape index (κ2) is 7.81. The van der Waals surface area contributed by atoms with Gasteiger partial charge in [0.05, 0.1) is 18.8 Å². The molecule has 6 heteroatoms. The Hall–Kier alpha value is -1.96. The van der Waals surface area contributed by atoms with Crippen molar-refractivity contribution in [2.75, 3.05) is 6.61 Å². The van der Waals surface area contributed by atoms with Crippen molar-refractivity contribution in [2.45, 2.75) is 44.2 Å². The molecule has 2 heterocycles. The van der Waals surface area contributed by atoms with Crippen molar-refractivity contribution in [3.63, 3.8) is 0 Å². The molecule has 0 unspecified atom stereocenters. The number of fused-ring (bicyclic) bond motifs is 1. The lowest BCUT2D eigenvalue weighted by Gasteiger charge is -2.37. The molecule has 1 aromatic heterocycles. The number of rotatable bonds is 4. The Kier molecular flexibility index (Phi) is 5.40. The van der Waals surface area contributed by atoms with Gasteiger partial charge in [-0.05, 0) is 47.7 Å². The van der Waals surface area contributed by atoms with Crippen LogP contribution in [0, 0.1) is 6.92 Å². The molecule has 1 aliphatic rings. The lowest BCUT2D eigenvalue weighted by molar-refractivity contribution is -0.180. The topological polar surface area (TPSA) is 90.2 Å². The maximum atomic E-state index is 10.5. The first-order valence-corrected chi connectivity index (χ1v) is 10.2. The van der Waals surface area contributed by atoms with E-state index in [4.69, 9.17) is 4.74 Å². The smallest absolute Gasteiger partial charge is 0.121 e. The zero-order chi connectivity index (χ0) is 19.8. The first-order valence-electron chi connectivity index (χ1n) is 9.38. The molecule has 1 fully saturated rings. The second-order valence-electron chi connectivity index (χ2n) is 7.42. The maximum absolute atomic E-state index is 10.5. The Balaban J connectivity index is 1.67. The molecule has 0 spiro atoms. The molecule has 2 aromatic carbocycles. The third-order valence-corrected chi connectivity index (χ3v) is 6.50. The summed E-state index contributed by atoms with van der Waals surface area (Å²) >= 11 is 1.74. The van der Waals surface area contributed by atoms with E-state index in [0.29, 0.717) is 12.0 Å². The van der Waals surface area contributed by atoms with E-state index >= 15 is 0 Å². The van der Waals surface area contributed by atoms with Crippen LogP contribution < -0.4 is 0 Å². The molecular weight excluding hydrogens is 376 g/mol. The molecule has 0 aliphatic carbocycles. The van der Waals surface area contributed by atoms with Gasteiger partial charge in [-0.3, -0.25) is 0 Å². The van der Waals surface area contributed by atoms with Gasteiger partial charge in [-0.15, -0.1) is 11.3 Å². The van der Waals surface area contributed by atoms with E-state index in [1.54, 1.807) is 17.4 Å². The molecule has 0 saturated carbocycles. The summed E-state index contributed by atoms with van der Waals surface area (Å²) < 4.78 is 6.99. The standard InChI is InChI=1S/C22H24O5S/c1-12-6-18(24)17(22-21(26)19(25)10-15(11-23)27-22)9-14(12)8-16-7-13-4-2-3-5-20(13)28-16/h2-7,9,15,19,21-26H,8,10-11H2,1H3/t15-,19-,21+,22-/m0/s1. The van der Waals surface area contributed by atoms with Crippen molar-refractivity contribution >= 4 is 21.4 Å². The van der Waals surface area contributed by atoms with Crippen molar-refractivity contribution in [1.29, 1.82) is 0 Å². The number of benzene rings is 2. The van der Waals surface area contributed by atoms with Crippen LogP contribution in [0.2, 0.25) is 0 Å². The zero-order valence-corrected chi connectivity index (χ0v) is 16.4. The molecule has 0 bridgehead atoms. The van der Waals surface area contributed by atoms with Crippen LogP contribution >= 0.6 is 11.3 Å². The molecule has 5 nitrogen and oxygen atoms in total. The highest BCUT2D eigenvalue weighted by Crippen LogP contribution is 2.38. The summed E-state index contributed by atoms with van der Waals surface area (Å²) in [5.74, 6) is 0.0208. The number of hydrogen-bond acceptors (Lipinski definition) is 6. The summed E-state index contributed by atoms with van der Waals surface area (Å²) in [6.07, 6.45) is -2.77. The summed E-state index contributed by atoms with van der Waals surface area (Å²) in [4.78, 5) is 1.21. The molecule has 1 saturated heterocycles. The van der Waals surface area contributed by atoms with Crippen LogP contribution in [0.4, 0.5) is 0 Å². The van der Waals surface area contributed by atoms with Crippen molar-refractivity contribution in [1.82, 2.24) is 0 Å². The molecule has 28 heavy (non-hydrogen) atoms. The van der Waals surface area contributed by atoms with E-state index in [1.165, 1.54) is 15.0 Å². The number of aliphatic hydroxyl groups is 3. The van der Waals surface area contributed by atoms with Crippen LogP contribution in [0.15, 0.2) is 42.5 Å². The first kappa shape index (κ1) is 19.4. The van der Waals surface area contributed by atoms with Gasteiger partial charge in [0.2, 0.25) is 0 Å². The summed E-state index contributed by atoms with van der Waals surface area (Å²) in [7, 11) is 0. The maximum Gasteiger partial charge on any atom is 0.121 e. The van der Waals surface area contributed by atoms with Crippen molar-refractivity contribution in [2.24, 2.45) is 0 Å². The Morgan fingerprint density at radius 3 is 2.68 bits per heavy atom. The number of aromatic hydroxyl groups is 1. The van der Waals surface area contributed by atoms with Gasteiger partial charge < -0.3 is 25.2 Å². The molecule has 148 valence electrons. The fourth-order valence-corrected chi connectivity index (χ4v) is 4.90. The normalized spacial score (nSPS) is 25.3. The Morgan fingerprint density at radius 1 is 1.14 bits per heavy atom. The summed E-state index contributed by atoms with van der Waals surface area (Å²) in [6, 6.07) is 13.9. The molecular formula is C22H24O5S. The summed E-state index contributed by atoms with van der Waals surface area (Å²) in [5.41, 5.74) is 2.41. The molecule has 0 amide bonds. The molecule has 4 N–H and O–H groups in total. The summed E-state index contributed by atoms with van der Waals surface area (Å²) in [5, 5.41) is 41.6. The van der Waals surface area contributed by atoms with Crippen molar-refractivity contribution in [3.05, 3.63) is 64.0 Å². The average molecular weight is 400 g/mol. The summed E-state index contributed by atoms with van der Waals surface area (Å²) in [6.45, 7) is 1.69. The van der Waals surface area contributed by atoms with Crippen molar-refractivity contribution < 1.29 is 25.2 Å². The van der Waals surface area contributed by atoms with Crippen LogP contribution in [0.25, 0.3) is 10.1 Å². The van der Waals surface area contributed by atoms with Gasteiger partial charge in [0, 0.05) is 28.0 Å². The Morgan fingerprint density at radius 2 is 1.93 bits per heavy atom. The average Bonchev–Trinajstić information content (AvgIpc) is 3.08. The SMILES string of the molecule is Cc1cc(O)c([C@@H]2O[C@H](CO)C[C@H](O)[C@H]2O)cc1Cc1cc2ccccc2s1. The highest BCUT2D eigenvalue weighted by Gasteiger charge is 2.38. The lowest BCUT2D eigenvalue weighted by atomic mass is 9.90. The van der Waals surface area contributed by atoms with E-state index in [2.05, 4.69) is 18.2 Å². The molecule has 0 radical (unpaired) electrons. The zero-order valence-electron chi connectivity index (χ0n) is 15.6. The fraction of sp³-hybridized carbons (Fsp3) is 0.364. The Labute approximate surface area is 167 Å². The fourth-order valence-electron chi connectivity index (χ4n) is 3.82. The molecule has 1 aliphatic heterocycles. The van der Waals surface area contributed by atoms with E-state index in [-0.39, 0.29) is 18.8 Å². The predicted octanol–water partition coefficient (Wildman–Crippen LogP) is 3.05.